The van der Waals surface area contributed by atoms with Crippen LogP contribution in [0.15, 0.2) is 78.9 Å². The second kappa shape index (κ2) is 10.2. The van der Waals surface area contributed by atoms with Gasteiger partial charge in [-0.3, -0.25) is 9.59 Å². The molecule has 0 unspecified atom stereocenters. The van der Waals surface area contributed by atoms with Crippen molar-refractivity contribution in [3.8, 4) is 11.5 Å². The van der Waals surface area contributed by atoms with E-state index in [2.05, 4.69) is 0 Å². The lowest BCUT2D eigenvalue weighted by Gasteiger charge is -2.10. The molecule has 3 aromatic carbocycles. The second-order valence-corrected chi connectivity index (χ2v) is 6.64. The van der Waals surface area contributed by atoms with Crippen LogP contribution in [0.5, 0.6) is 11.5 Å². The Balaban J connectivity index is 1.66. The van der Waals surface area contributed by atoms with Crippen molar-refractivity contribution >= 4 is 17.8 Å². The van der Waals surface area contributed by atoms with E-state index in [9.17, 15) is 14.0 Å². The zero-order chi connectivity index (χ0) is 21.3. The largest absolute Gasteiger partial charge is 0.489 e. The van der Waals surface area contributed by atoms with E-state index in [-0.39, 0.29) is 18.0 Å². The van der Waals surface area contributed by atoms with E-state index in [4.69, 9.17) is 9.47 Å². The van der Waals surface area contributed by atoms with Gasteiger partial charge in [-0.25, -0.2) is 4.39 Å². The lowest BCUT2D eigenvalue weighted by Crippen LogP contribution is -2.04. The molecule has 0 N–H and O–H groups in total. The van der Waals surface area contributed by atoms with E-state index in [0.717, 1.165) is 11.1 Å². The molecule has 0 fully saturated rings. The maximum Gasteiger partial charge on any atom is 0.308 e. The van der Waals surface area contributed by atoms with Crippen molar-refractivity contribution in [1.82, 2.24) is 0 Å². The molecule has 0 saturated carbocycles. The number of rotatable bonds is 8. The van der Waals surface area contributed by atoms with Crippen LogP contribution in [0.1, 0.15) is 23.6 Å². The molecule has 152 valence electrons. The molecular weight excluding hydrogens is 383 g/mol. The van der Waals surface area contributed by atoms with Crippen molar-refractivity contribution < 1.29 is 23.5 Å². The minimum atomic E-state index is -0.641. The summed E-state index contributed by atoms with van der Waals surface area (Å²) in [5.41, 5.74) is 2.37. The summed E-state index contributed by atoms with van der Waals surface area (Å²) in [6.45, 7) is 1.61. The summed E-state index contributed by atoms with van der Waals surface area (Å²) in [7, 11) is 0. The third-order valence-electron chi connectivity index (χ3n) is 4.25. The Bertz CT molecular complexity index is 1060. The van der Waals surface area contributed by atoms with Crippen LogP contribution in [0.2, 0.25) is 0 Å². The maximum atomic E-state index is 13.7. The lowest BCUT2D eigenvalue weighted by atomic mass is 10.1. The molecule has 30 heavy (non-hydrogen) atoms. The van der Waals surface area contributed by atoms with Crippen molar-refractivity contribution in [3.63, 3.8) is 0 Å². The molecule has 0 aliphatic rings. The minimum Gasteiger partial charge on any atom is -0.489 e. The molecule has 0 heterocycles. The number of benzene rings is 3. The summed E-state index contributed by atoms with van der Waals surface area (Å²) in [5.74, 6) is -0.903. The Morgan fingerprint density at radius 1 is 0.933 bits per heavy atom. The molecule has 5 heteroatoms. The molecule has 4 nitrogen and oxygen atoms in total. The number of carbonyl (C=O) groups is 2. The van der Waals surface area contributed by atoms with Crippen LogP contribution < -0.4 is 9.47 Å². The monoisotopic (exact) mass is 404 g/mol. The third kappa shape index (κ3) is 6.14. The SMILES string of the molecule is CC(=O)Oc1cc(/C=C/C(=O)Cc2ccccc2OCc2ccccc2)ccc1F. The highest BCUT2D eigenvalue weighted by Gasteiger charge is 2.09. The topological polar surface area (TPSA) is 52.6 Å². The Hall–Kier alpha value is -3.73. The third-order valence-corrected chi connectivity index (χ3v) is 4.25. The summed E-state index contributed by atoms with van der Waals surface area (Å²) < 4.78 is 24.4. The first-order chi connectivity index (χ1) is 14.5. The van der Waals surface area contributed by atoms with Gasteiger partial charge in [0.25, 0.3) is 0 Å². The Kier molecular flexibility index (Phi) is 7.11. The van der Waals surface area contributed by atoms with Crippen LogP contribution >= 0.6 is 0 Å². The summed E-state index contributed by atoms with van der Waals surface area (Å²) in [6, 6.07) is 21.2. The van der Waals surface area contributed by atoms with Crippen LogP contribution in [0.4, 0.5) is 4.39 Å². The highest BCUT2D eigenvalue weighted by molar-refractivity contribution is 5.95. The highest BCUT2D eigenvalue weighted by atomic mass is 19.1. The Labute approximate surface area is 174 Å². The van der Waals surface area contributed by atoms with Gasteiger partial charge in [0, 0.05) is 18.9 Å². The number of esters is 1. The average molecular weight is 404 g/mol. The molecule has 0 saturated heterocycles. The Morgan fingerprint density at radius 2 is 1.67 bits per heavy atom. The molecular formula is C25H21FO4. The van der Waals surface area contributed by atoms with Crippen LogP contribution in [-0.2, 0) is 22.6 Å². The molecule has 3 rings (SSSR count). The van der Waals surface area contributed by atoms with Gasteiger partial charge in [-0.1, -0.05) is 60.7 Å². The first-order valence-corrected chi connectivity index (χ1v) is 9.45. The van der Waals surface area contributed by atoms with Crippen molar-refractivity contribution in [2.24, 2.45) is 0 Å². The molecule has 0 aromatic heterocycles. The average Bonchev–Trinajstić information content (AvgIpc) is 2.74. The van der Waals surface area contributed by atoms with Crippen LogP contribution in [0, 0.1) is 5.82 Å². The zero-order valence-corrected chi connectivity index (χ0v) is 16.5. The number of allylic oxidation sites excluding steroid dienone is 1. The predicted molar refractivity (Wildman–Crippen MR) is 113 cm³/mol. The molecule has 0 spiro atoms. The minimum absolute atomic E-state index is 0.135. The standard InChI is InChI=1S/C25H21FO4/c1-18(27)30-25-15-19(12-14-23(25)26)11-13-22(28)16-21-9-5-6-10-24(21)29-17-20-7-3-2-4-8-20/h2-15H,16-17H2,1H3/b13-11+. The number of halogens is 1. The molecule has 3 aromatic rings. The maximum absolute atomic E-state index is 13.7. The van der Waals surface area contributed by atoms with E-state index < -0.39 is 11.8 Å². The quantitative estimate of drug-likeness (QED) is 0.296. The highest BCUT2D eigenvalue weighted by Crippen LogP contribution is 2.22. The fraction of sp³-hybridized carbons (Fsp3) is 0.120. The summed E-state index contributed by atoms with van der Waals surface area (Å²) in [6.07, 6.45) is 3.14. The Morgan fingerprint density at radius 3 is 2.43 bits per heavy atom. The molecule has 0 aliphatic carbocycles. The van der Waals surface area contributed by atoms with Gasteiger partial charge in [-0.2, -0.15) is 0 Å². The molecule has 0 radical (unpaired) electrons. The van der Waals surface area contributed by atoms with Gasteiger partial charge in [0.05, 0.1) is 0 Å². The predicted octanol–water partition coefficient (Wildman–Crippen LogP) is 5.16. The number of ketones is 1. The van der Waals surface area contributed by atoms with Gasteiger partial charge in [-0.05, 0) is 35.4 Å². The van der Waals surface area contributed by atoms with Crippen molar-refractivity contribution in [1.29, 1.82) is 0 Å². The fourth-order valence-electron chi connectivity index (χ4n) is 2.82. The fourth-order valence-corrected chi connectivity index (χ4v) is 2.82. The first-order valence-electron chi connectivity index (χ1n) is 9.45. The van der Waals surface area contributed by atoms with Crippen molar-refractivity contribution in [2.45, 2.75) is 20.0 Å². The van der Waals surface area contributed by atoms with Gasteiger partial charge in [0.15, 0.2) is 17.3 Å². The molecule has 0 bridgehead atoms. The number of ether oxygens (including phenoxy) is 2. The van der Waals surface area contributed by atoms with Gasteiger partial charge >= 0.3 is 5.97 Å². The van der Waals surface area contributed by atoms with Gasteiger partial charge in [0.2, 0.25) is 0 Å². The van der Waals surface area contributed by atoms with E-state index >= 15 is 0 Å². The van der Waals surface area contributed by atoms with Crippen LogP contribution in [-0.4, -0.2) is 11.8 Å². The molecule has 0 amide bonds. The van der Waals surface area contributed by atoms with Crippen LogP contribution in [0.25, 0.3) is 6.08 Å². The van der Waals surface area contributed by atoms with E-state index in [1.807, 2.05) is 54.6 Å². The smallest absolute Gasteiger partial charge is 0.308 e. The van der Waals surface area contributed by atoms with E-state index in [1.54, 1.807) is 6.08 Å². The van der Waals surface area contributed by atoms with Crippen molar-refractivity contribution in [3.05, 3.63) is 101 Å². The zero-order valence-electron chi connectivity index (χ0n) is 16.5. The number of hydrogen-bond donors (Lipinski definition) is 0. The summed E-state index contributed by atoms with van der Waals surface area (Å²) in [5, 5.41) is 0. The molecule has 0 aliphatic heterocycles. The van der Waals surface area contributed by atoms with Gasteiger partial charge < -0.3 is 9.47 Å². The first kappa shape index (κ1) is 21.0. The van der Waals surface area contributed by atoms with E-state index in [1.165, 1.54) is 31.2 Å². The van der Waals surface area contributed by atoms with Crippen molar-refractivity contribution in [2.75, 3.05) is 0 Å². The summed E-state index contributed by atoms with van der Waals surface area (Å²) in [4.78, 5) is 23.5. The van der Waals surface area contributed by atoms with E-state index in [0.29, 0.717) is 17.9 Å². The number of para-hydroxylation sites is 1. The lowest BCUT2D eigenvalue weighted by molar-refractivity contribution is -0.132. The second-order valence-electron chi connectivity index (χ2n) is 6.64. The van der Waals surface area contributed by atoms with Gasteiger partial charge in [-0.15, -0.1) is 0 Å². The van der Waals surface area contributed by atoms with Gasteiger partial charge in [0.1, 0.15) is 12.4 Å². The number of hydrogen-bond acceptors (Lipinski definition) is 4. The van der Waals surface area contributed by atoms with Crippen LogP contribution in [0.3, 0.4) is 0 Å². The summed E-state index contributed by atoms with van der Waals surface area (Å²) >= 11 is 0. The normalized spacial score (nSPS) is 10.7. The number of carbonyl (C=O) groups excluding carboxylic acids is 2. The molecule has 0 atom stereocenters.